The van der Waals surface area contributed by atoms with Crippen LogP contribution in [0.15, 0.2) is 36.8 Å². The number of hydrogen-bond acceptors (Lipinski definition) is 4. The molecule has 1 aromatic heterocycles. The maximum absolute atomic E-state index is 14.0. The van der Waals surface area contributed by atoms with E-state index in [0.29, 0.717) is 5.69 Å². The summed E-state index contributed by atoms with van der Waals surface area (Å²) in [7, 11) is -3.53. The zero-order chi connectivity index (χ0) is 16.4. The molecule has 6 nitrogen and oxygen atoms in total. The number of aromatic amines is 1. The molecular formula is C15H16FN3O3S. The number of hydrogen-bond donors (Lipinski definition) is 1. The lowest BCUT2D eigenvalue weighted by molar-refractivity contribution is 0.0761. The van der Waals surface area contributed by atoms with E-state index in [-0.39, 0.29) is 36.7 Å². The molecule has 1 aromatic carbocycles. The number of benzene rings is 1. The number of H-pyrrole nitrogens is 1. The fourth-order valence-corrected chi connectivity index (χ4v) is 4.58. The summed E-state index contributed by atoms with van der Waals surface area (Å²) >= 11 is 0. The minimum Gasteiger partial charge on any atom is -0.341 e. The second kappa shape index (κ2) is 6.11. The van der Waals surface area contributed by atoms with Gasteiger partial charge in [-0.1, -0.05) is 18.2 Å². The molecular weight excluding hydrogens is 321 g/mol. The second-order valence-electron chi connectivity index (χ2n) is 5.42. The number of rotatable bonds is 2. The van der Waals surface area contributed by atoms with Crippen LogP contribution in [0.25, 0.3) is 0 Å². The quantitative estimate of drug-likeness (QED) is 0.901. The standard InChI is InChI=1S/C15H16FN3O3S/c16-12-4-2-1-3-11(12)14-5-6-19(7-8-23(14,21)22)15(20)13-9-17-10-18-13/h1-4,9-10,14H,5-8H2,(H,17,18). The third-order valence-corrected chi connectivity index (χ3v) is 6.12. The summed E-state index contributed by atoms with van der Waals surface area (Å²) in [5.74, 6) is -1.02. The van der Waals surface area contributed by atoms with Crippen LogP contribution in [0.1, 0.15) is 27.7 Å². The highest BCUT2D eigenvalue weighted by atomic mass is 32.2. The topological polar surface area (TPSA) is 83.1 Å². The highest BCUT2D eigenvalue weighted by molar-refractivity contribution is 7.91. The van der Waals surface area contributed by atoms with Crippen molar-refractivity contribution >= 4 is 15.7 Å². The molecule has 122 valence electrons. The van der Waals surface area contributed by atoms with Crippen LogP contribution in [0.2, 0.25) is 0 Å². The molecule has 1 saturated heterocycles. The Balaban J connectivity index is 1.86. The molecule has 0 radical (unpaired) electrons. The summed E-state index contributed by atoms with van der Waals surface area (Å²) in [4.78, 5) is 20.3. The second-order valence-corrected chi connectivity index (χ2v) is 7.73. The predicted molar refractivity (Wildman–Crippen MR) is 82.0 cm³/mol. The number of aromatic nitrogens is 2. The Bertz CT molecular complexity index is 805. The average Bonchev–Trinajstić information content (AvgIpc) is 3.00. The first-order valence-corrected chi connectivity index (χ1v) is 8.94. The van der Waals surface area contributed by atoms with Gasteiger partial charge in [-0.15, -0.1) is 0 Å². The van der Waals surface area contributed by atoms with Crippen molar-refractivity contribution < 1.29 is 17.6 Å². The van der Waals surface area contributed by atoms with Crippen molar-refractivity contribution in [3.63, 3.8) is 0 Å². The number of amides is 1. The van der Waals surface area contributed by atoms with E-state index in [2.05, 4.69) is 9.97 Å². The van der Waals surface area contributed by atoms with Crippen molar-refractivity contribution in [2.24, 2.45) is 0 Å². The lowest BCUT2D eigenvalue weighted by Crippen LogP contribution is -2.33. The van der Waals surface area contributed by atoms with Gasteiger partial charge in [0, 0.05) is 18.7 Å². The molecule has 8 heteroatoms. The van der Waals surface area contributed by atoms with Gasteiger partial charge in [-0.05, 0) is 12.5 Å². The lowest BCUT2D eigenvalue weighted by Gasteiger charge is -2.19. The zero-order valence-electron chi connectivity index (χ0n) is 12.3. The van der Waals surface area contributed by atoms with Crippen LogP contribution in [0.5, 0.6) is 0 Å². The van der Waals surface area contributed by atoms with E-state index in [0.717, 1.165) is 0 Å². The monoisotopic (exact) mass is 337 g/mol. The summed E-state index contributed by atoms with van der Waals surface area (Å²) in [5.41, 5.74) is 0.482. The van der Waals surface area contributed by atoms with Crippen molar-refractivity contribution in [2.75, 3.05) is 18.8 Å². The molecule has 1 atom stereocenters. The van der Waals surface area contributed by atoms with E-state index < -0.39 is 20.9 Å². The maximum atomic E-state index is 14.0. The minimum absolute atomic E-state index is 0.0884. The van der Waals surface area contributed by atoms with Gasteiger partial charge in [-0.2, -0.15) is 0 Å². The van der Waals surface area contributed by atoms with Gasteiger partial charge >= 0.3 is 0 Å². The highest BCUT2D eigenvalue weighted by Crippen LogP contribution is 2.31. The zero-order valence-corrected chi connectivity index (χ0v) is 13.1. The largest absolute Gasteiger partial charge is 0.341 e. The van der Waals surface area contributed by atoms with Crippen LogP contribution in [-0.2, 0) is 9.84 Å². The summed E-state index contributed by atoms with van der Waals surface area (Å²) in [6.07, 6.45) is 2.96. The van der Waals surface area contributed by atoms with E-state index in [1.807, 2.05) is 0 Å². The molecule has 1 fully saturated rings. The molecule has 1 aliphatic heterocycles. The van der Waals surface area contributed by atoms with Crippen LogP contribution in [0.3, 0.4) is 0 Å². The molecule has 2 aromatic rings. The van der Waals surface area contributed by atoms with Crippen molar-refractivity contribution in [1.29, 1.82) is 0 Å². The van der Waals surface area contributed by atoms with Gasteiger partial charge in [0.2, 0.25) is 0 Å². The molecule has 1 amide bonds. The molecule has 23 heavy (non-hydrogen) atoms. The SMILES string of the molecule is O=C(c1cnc[nH]1)N1CCC(c2ccccc2F)S(=O)(=O)CC1. The molecule has 0 aliphatic carbocycles. The molecule has 2 heterocycles. The van der Waals surface area contributed by atoms with E-state index >= 15 is 0 Å². The average molecular weight is 337 g/mol. The van der Waals surface area contributed by atoms with Gasteiger partial charge in [-0.3, -0.25) is 4.79 Å². The number of sulfone groups is 1. The fraction of sp³-hybridized carbons (Fsp3) is 0.333. The molecule has 0 saturated carbocycles. The first kappa shape index (κ1) is 15.7. The summed E-state index contributed by atoms with van der Waals surface area (Å²) in [6, 6.07) is 5.88. The number of nitrogens with one attached hydrogen (secondary N) is 1. The Morgan fingerprint density at radius 2 is 2.09 bits per heavy atom. The Kier molecular flexibility index (Phi) is 4.16. The number of halogens is 1. The van der Waals surface area contributed by atoms with Crippen LogP contribution < -0.4 is 0 Å². The van der Waals surface area contributed by atoms with Crippen LogP contribution in [0, 0.1) is 5.82 Å². The lowest BCUT2D eigenvalue weighted by atomic mass is 10.1. The third-order valence-electron chi connectivity index (χ3n) is 4.01. The molecule has 0 spiro atoms. The predicted octanol–water partition coefficient (Wildman–Crippen LogP) is 1.55. The summed E-state index contributed by atoms with van der Waals surface area (Å²) in [5, 5.41) is -0.928. The normalized spacial score (nSPS) is 20.9. The van der Waals surface area contributed by atoms with Crippen molar-refractivity contribution in [3.8, 4) is 0 Å². The fourth-order valence-electron chi connectivity index (χ4n) is 2.78. The maximum Gasteiger partial charge on any atom is 0.271 e. The first-order valence-electron chi connectivity index (χ1n) is 7.22. The summed E-state index contributed by atoms with van der Waals surface area (Å²) in [6.45, 7) is 0.335. The molecule has 1 unspecified atom stereocenters. The number of carbonyl (C=O) groups is 1. The van der Waals surface area contributed by atoms with Crippen molar-refractivity contribution in [3.05, 3.63) is 53.9 Å². The molecule has 1 N–H and O–H groups in total. The molecule has 3 rings (SSSR count). The highest BCUT2D eigenvalue weighted by Gasteiger charge is 2.34. The van der Waals surface area contributed by atoms with Crippen LogP contribution >= 0.6 is 0 Å². The number of carbonyl (C=O) groups excluding carboxylic acids is 1. The van der Waals surface area contributed by atoms with Gasteiger partial charge in [0.1, 0.15) is 11.5 Å². The van der Waals surface area contributed by atoms with Crippen molar-refractivity contribution in [1.82, 2.24) is 14.9 Å². The number of nitrogens with zero attached hydrogens (tertiary/aromatic N) is 2. The van der Waals surface area contributed by atoms with E-state index in [1.165, 1.54) is 35.6 Å². The molecule has 1 aliphatic rings. The van der Waals surface area contributed by atoms with Crippen LogP contribution in [-0.4, -0.2) is 48.0 Å². The van der Waals surface area contributed by atoms with E-state index in [9.17, 15) is 17.6 Å². The van der Waals surface area contributed by atoms with Gasteiger partial charge in [0.15, 0.2) is 9.84 Å². The van der Waals surface area contributed by atoms with Crippen molar-refractivity contribution in [2.45, 2.75) is 11.7 Å². The Labute approximate surface area is 133 Å². The van der Waals surface area contributed by atoms with Gasteiger partial charge < -0.3 is 9.88 Å². The third kappa shape index (κ3) is 3.12. The Morgan fingerprint density at radius 1 is 1.30 bits per heavy atom. The minimum atomic E-state index is -3.53. The molecule has 0 bridgehead atoms. The van der Waals surface area contributed by atoms with Gasteiger partial charge in [-0.25, -0.2) is 17.8 Å². The van der Waals surface area contributed by atoms with Crippen LogP contribution in [0.4, 0.5) is 4.39 Å². The van der Waals surface area contributed by atoms with Gasteiger partial charge in [0.05, 0.1) is 23.5 Å². The van der Waals surface area contributed by atoms with E-state index in [4.69, 9.17) is 0 Å². The first-order chi connectivity index (χ1) is 11.0. The van der Waals surface area contributed by atoms with E-state index in [1.54, 1.807) is 6.07 Å². The smallest absolute Gasteiger partial charge is 0.271 e. The number of imidazole rings is 1. The van der Waals surface area contributed by atoms with Gasteiger partial charge in [0.25, 0.3) is 5.91 Å². The Hall–Kier alpha value is -2.22. The summed E-state index contributed by atoms with van der Waals surface area (Å²) < 4.78 is 38.9. The Morgan fingerprint density at radius 3 is 2.78 bits per heavy atom.